The molecule has 0 unspecified atom stereocenters. The summed E-state index contributed by atoms with van der Waals surface area (Å²) in [6.45, 7) is 1.69. The van der Waals surface area contributed by atoms with Gasteiger partial charge in [0.25, 0.3) is 5.56 Å². The molecule has 0 saturated heterocycles. The van der Waals surface area contributed by atoms with Crippen molar-refractivity contribution >= 4 is 22.4 Å². The number of H-pyrrole nitrogens is 1. The van der Waals surface area contributed by atoms with Gasteiger partial charge in [-0.2, -0.15) is 5.10 Å². The number of para-hydroxylation sites is 1. The van der Waals surface area contributed by atoms with E-state index >= 15 is 0 Å². The fourth-order valence-electron chi connectivity index (χ4n) is 2.77. The number of fused-ring (bicyclic) bond motifs is 2. The number of hydrogen-bond acceptors (Lipinski definition) is 4. The molecule has 0 saturated carbocycles. The molecular weight excluding hydrogens is 298 g/mol. The summed E-state index contributed by atoms with van der Waals surface area (Å²) < 4.78 is 3.00. The van der Waals surface area contributed by atoms with Crippen LogP contribution in [0.15, 0.2) is 41.6 Å². The number of hydrogen-bond donors (Lipinski definition) is 2. The van der Waals surface area contributed by atoms with Gasteiger partial charge in [0, 0.05) is 6.20 Å². The van der Waals surface area contributed by atoms with Crippen LogP contribution in [0.25, 0.3) is 22.2 Å². The predicted octanol–water partition coefficient (Wildman–Crippen LogP) is 1.37. The third-order valence-corrected chi connectivity index (χ3v) is 3.85. The van der Waals surface area contributed by atoms with E-state index in [9.17, 15) is 14.7 Å². The van der Waals surface area contributed by atoms with Gasteiger partial charge in [-0.15, -0.1) is 0 Å². The summed E-state index contributed by atoms with van der Waals surface area (Å²) >= 11 is 0. The summed E-state index contributed by atoms with van der Waals surface area (Å²) in [6.07, 6.45) is 2.75. The Hall–Kier alpha value is -3.42. The largest absolute Gasteiger partial charge is 0.478 e. The molecule has 2 N–H and O–H groups in total. The fourth-order valence-corrected chi connectivity index (χ4v) is 2.77. The van der Waals surface area contributed by atoms with Crippen molar-refractivity contribution in [2.75, 3.05) is 0 Å². The second-order valence-electron chi connectivity index (χ2n) is 5.14. The van der Waals surface area contributed by atoms with E-state index in [4.69, 9.17) is 0 Å². The van der Waals surface area contributed by atoms with Gasteiger partial charge in [0.1, 0.15) is 11.8 Å². The lowest BCUT2D eigenvalue weighted by Gasteiger charge is -2.06. The van der Waals surface area contributed by atoms with Crippen LogP contribution in [-0.4, -0.2) is 35.5 Å². The van der Waals surface area contributed by atoms with Gasteiger partial charge >= 0.3 is 5.97 Å². The second-order valence-corrected chi connectivity index (χ2v) is 5.14. The van der Waals surface area contributed by atoms with E-state index in [1.165, 1.54) is 17.0 Å². The Bertz CT molecular complexity index is 1140. The molecule has 4 rings (SSSR count). The van der Waals surface area contributed by atoms with Gasteiger partial charge in [0.05, 0.1) is 16.5 Å². The van der Waals surface area contributed by atoms with Crippen molar-refractivity contribution in [3.05, 3.63) is 58.3 Å². The van der Waals surface area contributed by atoms with Crippen molar-refractivity contribution in [1.29, 1.82) is 0 Å². The van der Waals surface area contributed by atoms with E-state index in [2.05, 4.69) is 15.2 Å². The van der Waals surface area contributed by atoms with Crippen molar-refractivity contribution in [1.82, 2.24) is 24.4 Å². The molecule has 23 heavy (non-hydrogen) atoms. The minimum atomic E-state index is -1.04. The van der Waals surface area contributed by atoms with Crippen LogP contribution in [0.5, 0.6) is 0 Å². The molecule has 8 nitrogen and oxygen atoms in total. The molecule has 1 aromatic carbocycles. The third-order valence-electron chi connectivity index (χ3n) is 3.85. The van der Waals surface area contributed by atoms with Gasteiger partial charge in [-0.3, -0.25) is 9.89 Å². The zero-order valence-electron chi connectivity index (χ0n) is 12.0. The molecule has 0 bridgehead atoms. The second kappa shape index (κ2) is 4.54. The van der Waals surface area contributed by atoms with Gasteiger partial charge in [-0.05, 0) is 24.6 Å². The monoisotopic (exact) mass is 309 g/mol. The molecule has 0 aliphatic rings. The van der Waals surface area contributed by atoms with Crippen LogP contribution in [0.3, 0.4) is 0 Å². The highest BCUT2D eigenvalue weighted by atomic mass is 16.4. The number of rotatable bonds is 2. The summed E-state index contributed by atoms with van der Waals surface area (Å²) in [5.41, 5.74) is 1.63. The number of nitrogens with one attached hydrogen (secondary N) is 1. The molecule has 0 aliphatic heterocycles. The van der Waals surface area contributed by atoms with Crippen LogP contribution in [0.2, 0.25) is 0 Å². The Labute approximate surface area is 128 Å². The van der Waals surface area contributed by atoms with Crippen molar-refractivity contribution in [2.45, 2.75) is 6.92 Å². The van der Waals surface area contributed by atoms with Crippen molar-refractivity contribution in [2.24, 2.45) is 0 Å². The van der Waals surface area contributed by atoms with Crippen LogP contribution in [0, 0.1) is 6.92 Å². The molecule has 8 heteroatoms. The first-order chi connectivity index (χ1) is 11.1. The third kappa shape index (κ3) is 1.78. The number of carboxylic acids is 1. The molecule has 3 heterocycles. The molecule has 0 amide bonds. The van der Waals surface area contributed by atoms with E-state index in [0.717, 1.165) is 0 Å². The van der Waals surface area contributed by atoms with Crippen LogP contribution in [0.4, 0.5) is 0 Å². The van der Waals surface area contributed by atoms with Gasteiger partial charge in [-0.25, -0.2) is 19.0 Å². The number of carbonyl (C=O) groups is 1. The average Bonchev–Trinajstić information content (AvgIpc) is 3.06. The maximum absolute atomic E-state index is 12.1. The number of aromatic amines is 1. The first-order valence-electron chi connectivity index (χ1n) is 6.84. The zero-order chi connectivity index (χ0) is 16.1. The number of nitrogens with zero attached hydrogens (tertiary/aromatic N) is 4. The van der Waals surface area contributed by atoms with Crippen LogP contribution in [-0.2, 0) is 0 Å². The van der Waals surface area contributed by atoms with Gasteiger partial charge in [0.2, 0.25) is 0 Å². The van der Waals surface area contributed by atoms with E-state index in [1.54, 1.807) is 29.8 Å². The Morgan fingerprint density at radius 1 is 1.30 bits per heavy atom. The molecule has 0 spiro atoms. The topological polar surface area (TPSA) is 105 Å². The lowest BCUT2D eigenvalue weighted by atomic mass is 10.2. The molecule has 4 aromatic rings. The molecule has 3 aromatic heterocycles. The SMILES string of the molecule is Cc1c(C(=O)O)cn2ncnc(-n3[nH]c(=O)c4ccccc43)c12. The standard InChI is InChI=1S/C15H11N5O3/c1-8-10(15(22)23)6-19-12(8)13(16-7-17-19)20-11-5-3-2-4-9(11)14(21)18-20/h2-7H,1H3,(H,18,21)(H,22,23). The molecule has 0 radical (unpaired) electrons. The number of aryl methyl sites for hydroxylation is 1. The lowest BCUT2D eigenvalue weighted by molar-refractivity contribution is 0.0696. The number of aromatic nitrogens is 5. The Morgan fingerprint density at radius 2 is 2.09 bits per heavy atom. The maximum atomic E-state index is 12.1. The Balaban J connectivity index is 2.13. The predicted molar refractivity (Wildman–Crippen MR) is 82.1 cm³/mol. The number of carboxylic acid groups (broad SMARTS) is 1. The summed E-state index contributed by atoms with van der Waals surface area (Å²) in [5.74, 6) is -0.617. The molecule has 0 atom stereocenters. The van der Waals surface area contributed by atoms with E-state index < -0.39 is 5.97 Å². The highest BCUT2D eigenvalue weighted by Crippen LogP contribution is 2.23. The van der Waals surface area contributed by atoms with Gasteiger partial charge in [0.15, 0.2) is 5.82 Å². The quantitative estimate of drug-likeness (QED) is 0.582. The van der Waals surface area contributed by atoms with Gasteiger partial charge in [-0.1, -0.05) is 12.1 Å². The molecular formula is C15H11N5O3. The number of benzene rings is 1. The first-order valence-corrected chi connectivity index (χ1v) is 6.84. The molecule has 0 fully saturated rings. The summed E-state index contributed by atoms with van der Waals surface area (Å²) in [4.78, 5) is 27.7. The average molecular weight is 309 g/mol. The highest BCUT2D eigenvalue weighted by molar-refractivity contribution is 5.93. The highest BCUT2D eigenvalue weighted by Gasteiger charge is 2.19. The maximum Gasteiger partial charge on any atom is 0.337 e. The smallest absolute Gasteiger partial charge is 0.337 e. The van der Waals surface area contributed by atoms with Crippen LogP contribution >= 0.6 is 0 Å². The van der Waals surface area contributed by atoms with Crippen molar-refractivity contribution in [3.8, 4) is 5.82 Å². The lowest BCUT2D eigenvalue weighted by Crippen LogP contribution is -2.08. The zero-order valence-corrected chi connectivity index (χ0v) is 12.0. The summed E-state index contributed by atoms with van der Waals surface area (Å²) in [7, 11) is 0. The molecule has 0 aliphatic carbocycles. The normalized spacial score (nSPS) is 11.3. The Kier molecular flexibility index (Phi) is 2.61. The van der Waals surface area contributed by atoms with Crippen LogP contribution in [0.1, 0.15) is 15.9 Å². The van der Waals surface area contributed by atoms with Crippen molar-refractivity contribution in [3.63, 3.8) is 0 Å². The fraction of sp³-hybridized carbons (Fsp3) is 0.0667. The van der Waals surface area contributed by atoms with Gasteiger partial charge < -0.3 is 5.11 Å². The Morgan fingerprint density at radius 3 is 2.87 bits per heavy atom. The minimum absolute atomic E-state index is 0.144. The van der Waals surface area contributed by atoms with Crippen molar-refractivity contribution < 1.29 is 9.90 Å². The first kappa shape index (κ1) is 13.3. The van der Waals surface area contributed by atoms with E-state index in [-0.39, 0.29) is 11.1 Å². The summed E-state index contributed by atoms with van der Waals surface area (Å²) in [6, 6.07) is 7.11. The van der Waals surface area contributed by atoms with Crippen LogP contribution < -0.4 is 5.56 Å². The molecule has 114 valence electrons. The minimum Gasteiger partial charge on any atom is -0.478 e. The van der Waals surface area contributed by atoms with E-state index in [1.807, 2.05) is 6.07 Å². The van der Waals surface area contributed by atoms with E-state index in [0.29, 0.717) is 27.8 Å². The number of aromatic carboxylic acids is 1. The summed E-state index contributed by atoms with van der Waals surface area (Å²) in [5, 5.41) is 16.6.